The first-order valence-corrected chi connectivity index (χ1v) is 5.41. The number of hydrazone groups is 1. The summed E-state index contributed by atoms with van der Waals surface area (Å²) in [7, 11) is 0. The Morgan fingerprint density at radius 1 is 1.53 bits per heavy atom. The number of rotatable bonds is 3. The lowest BCUT2D eigenvalue weighted by Gasteiger charge is -2.00. The van der Waals surface area contributed by atoms with Crippen LogP contribution in [-0.2, 0) is 4.79 Å². The first kappa shape index (κ1) is 11.6. The number of nitrogens with zero attached hydrogens (tertiary/aromatic N) is 4. The van der Waals surface area contributed by atoms with Crippen molar-refractivity contribution >= 4 is 23.4 Å². The van der Waals surface area contributed by atoms with E-state index in [1.54, 1.807) is 6.92 Å². The molecule has 0 atom stereocenters. The molecule has 0 aliphatic rings. The quantitative estimate of drug-likeness (QED) is 0.459. The molecule has 15 heavy (non-hydrogen) atoms. The number of carbonyl (C=O) groups is 1. The van der Waals surface area contributed by atoms with Gasteiger partial charge in [-0.15, -0.1) is 5.10 Å². The van der Waals surface area contributed by atoms with Crippen LogP contribution in [0.25, 0.3) is 0 Å². The number of carbonyl (C=O) groups excluding carboxylic acids is 1. The summed E-state index contributed by atoms with van der Waals surface area (Å²) >= 11 is 1.40. The van der Waals surface area contributed by atoms with Gasteiger partial charge in [0.15, 0.2) is 0 Å². The Balaban J connectivity index is 2.85. The molecule has 1 heterocycles. The van der Waals surface area contributed by atoms with E-state index < -0.39 is 0 Å². The van der Waals surface area contributed by atoms with Crippen molar-refractivity contribution in [3.8, 4) is 0 Å². The molecule has 0 radical (unpaired) electrons. The predicted octanol–water partition coefficient (Wildman–Crippen LogP) is 0.454. The van der Waals surface area contributed by atoms with Crippen LogP contribution in [0.4, 0.5) is 0 Å². The topological polar surface area (TPSA) is 80.1 Å². The lowest BCUT2D eigenvalue weighted by molar-refractivity contribution is -0.118. The van der Waals surface area contributed by atoms with Crippen molar-refractivity contribution in [2.75, 3.05) is 6.26 Å². The van der Waals surface area contributed by atoms with E-state index in [2.05, 4.69) is 25.7 Å². The van der Waals surface area contributed by atoms with Gasteiger partial charge in [-0.05, 0) is 13.2 Å². The third kappa shape index (κ3) is 3.62. The SMILES string of the molecule is CSc1nncc(/C(C)=N\NC(C)=O)n1. The zero-order chi connectivity index (χ0) is 11.3. The number of amides is 1. The second-order valence-corrected chi connectivity index (χ2v) is 3.47. The van der Waals surface area contributed by atoms with Gasteiger partial charge in [-0.2, -0.15) is 10.2 Å². The molecule has 0 saturated carbocycles. The molecule has 1 N–H and O–H groups in total. The molecule has 7 heteroatoms. The molecule has 1 aromatic heterocycles. The van der Waals surface area contributed by atoms with E-state index in [1.165, 1.54) is 24.9 Å². The number of nitrogens with one attached hydrogen (secondary N) is 1. The number of hydrogen-bond acceptors (Lipinski definition) is 6. The summed E-state index contributed by atoms with van der Waals surface area (Å²) < 4.78 is 0. The Kier molecular flexibility index (Phi) is 4.17. The molecule has 80 valence electrons. The Bertz CT molecular complexity index is 392. The lowest BCUT2D eigenvalue weighted by atomic mass is 10.3. The molecule has 1 amide bonds. The zero-order valence-corrected chi connectivity index (χ0v) is 9.50. The third-order valence-corrected chi connectivity index (χ3v) is 2.01. The van der Waals surface area contributed by atoms with Gasteiger partial charge in [0.2, 0.25) is 11.1 Å². The predicted molar refractivity (Wildman–Crippen MR) is 57.6 cm³/mol. The molecule has 1 rings (SSSR count). The molecule has 0 spiro atoms. The normalized spacial score (nSPS) is 11.3. The van der Waals surface area contributed by atoms with Crippen molar-refractivity contribution in [2.24, 2.45) is 5.10 Å². The van der Waals surface area contributed by atoms with Gasteiger partial charge in [0.05, 0.1) is 11.9 Å². The van der Waals surface area contributed by atoms with Gasteiger partial charge < -0.3 is 0 Å². The Labute approximate surface area is 91.6 Å². The van der Waals surface area contributed by atoms with Crippen molar-refractivity contribution in [1.82, 2.24) is 20.6 Å². The summed E-state index contributed by atoms with van der Waals surface area (Å²) in [4.78, 5) is 14.8. The molecule has 0 saturated heterocycles. The Morgan fingerprint density at radius 2 is 2.27 bits per heavy atom. The van der Waals surface area contributed by atoms with Crippen LogP contribution in [0, 0.1) is 0 Å². The minimum atomic E-state index is -0.221. The Hall–Kier alpha value is -1.50. The summed E-state index contributed by atoms with van der Waals surface area (Å²) in [6, 6.07) is 0. The van der Waals surface area contributed by atoms with Crippen LogP contribution in [0.3, 0.4) is 0 Å². The van der Waals surface area contributed by atoms with E-state index in [-0.39, 0.29) is 5.91 Å². The summed E-state index contributed by atoms with van der Waals surface area (Å²) in [5.74, 6) is -0.221. The molecular formula is C8H11N5OS. The second-order valence-electron chi connectivity index (χ2n) is 2.69. The molecular weight excluding hydrogens is 214 g/mol. The van der Waals surface area contributed by atoms with Gasteiger partial charge in [0.1, 0.15) is 5.69 Å². The molecule has 6 nitrogen and oxygen atoms in total. The van der Waals surface area contributed by atoms with E-state index in [4.69, 9.17) is 0 Å². The summed E-state index contributed by atoms with van der Waals surface area (Å²) in [5.41, 5.74) is 3.53. The van der Waals surface area contributed by atoms with Gasteiger partial charge in [0.25, 0.3) is 0 Å². The maximum atomic E-state index is 10.6. The highest BCUT2D eigenvalue weighted by molar-refractivity contribution is 7.98. The first-order valence-electron chi connectivity index (χ1n) is 4.18. The summed E-state index contributed by atoms with van der Waals surface area (Å²) in [6.45, 7) is 3.13. The van der Waals surface area contributed by atoms with Crippen molar-refractivity contribution in [3.05, 3.63) is 11.9 Å². The highest BCUT2D eigenvalue weighted by Gasteiger charge is 2.02. The third-order valence-electron chi connectivity index (χ3n) is 1.47. The minimum absolute atomic E-state index is 0.221. The summed E-state index contributed by atoms with van der Waals surface area (Å²) in [5, 5.41) is 12.0. The van der Waals surface area contributed by atoms with Gasteiger partial charge >= 0.3 is 0 Å². The van der Waals surface area contributed by atoms with Crippen LogP contribution in [0.1, 0.15) is 19.5 Å². The van der Waals surface area contributed by atoms with Crippen molar-refractivity contribution in [2.45, 2.75) is 19.0 Å². The van der Waals surface area contributed by atoms with Gasteiger partial charge in [-0.1, -0.05) is 11.8 Å². The van der Waals surface area contributed by atoms with Gasteiger partial charge in [-0.3, -0.25) is 4.79 Å². The molecule has 0 unspecified atom stereocenters. The monoisotopic (exact) mass is 225 g/mol. The Morgan fingerprint density at radius 3 is 2.87 bits per heavy atom. The number of thioether (sulfide) groups is 1. The molecule has 0 aliphatic carbocycles. The maximum Gasteiger partial charge on any atom is 0.236 e. The van der Waals surface area contributed by atoms with E-state index in [0.29, 0.717) is 16.6 Å². The lowest BCUT2D eigenvalue weighted by Crippen LogP contribution is -2.16. The van der Waals surface area contributed by atoms with E-state index in [0.717, 1.165) is 0 Å². The standard InChI is InChI=1S/C8H11N5OS/c1-5(11-12-6(2)14)7-4-9-13-8(10-7)15-3/h4H,1-3H3,(H,12,14)/b11-5-. The average Bonchev–Trinajstić information content (AvgIpc) is 2.26. The van der Waals surface area contributed by atoms with Crippen LogP contribution in [0.5, 0.6) is 0 Å². The van der Waals surface area contributed by atoms with Crippen LogP contribution in [-0.4, -0.2) is 33.1 Å². The largest absolute Gasteiger partial charge is 0.274 e. The molecule has 0 aliphatic heterocycles. The highest BCUT2D eigenvalue weighted by atomic mass is 32.2. The second kappa shape index (κ2) is 5.40. The van der Waals surface area contributed by atoms with Crippen LogP contribution >= 0.6 is 11.8 Å². The van der Waals surface area contributed by atoms with Crippen LogP contribution in [0.15, 0.2) is 16.5 Å². The molecule has 0 bridgehead atoms. The molecule has 1 aromatic rings. The first-order chi connectivity index (χ1) is 7.13. The van der Waals surface area contributed by atoms with Gasteiger partial charge in [0, 0.05) is 6.92 Å². The highest BCUT2D eigenvalue weighted by Crippen LogP contribution is 2.06. The van der Waals surface area contributed by atoms with Crippen molar-refractivity contribution < 1.29 is 4.79 Å². The maximum absolute atomic E-state index is 10.6. The van der Waals surface area contributed by atoms with E-state index in [1.807, 2.05) is 6.26 Å². The number of aromatic nitrogens is 3. The molecule has 0 fully saturated rings. The van der Waals surface area contributed by atoms with Gasteiger partial charge in [-0.25, -0.2) is 10.4 Å². The fraction of sp³-hybridized carbons (Fsp3) is 0.375. The van der Waals surface area contributed by atoms with Crippen molar-refractivity contribution in [1.29, 1.82) is 0 Å². The average molecular weight is 225 g/mol. The zero-order valence-electron chi connectivity index (χ0n) is 8.68. The number of hydrogen-bond donors (Lipinski definition) is 1. The molecule has 0 aromatic carbocycles. The van der Waals surface area contributed by atoms with Crippen LogP contribution < -0.4 is 5.43 Å². The van der Waals surface area contributed by atoms with E-state index >= 15 is 0 Å². The van der Waals surface area contributed by atoms with Crippen molar-refractivity contribution in [3.63, 3.8) is 0 Å². The van der Waals surface area contributed by atoms with E-state index in [9.17, 15) is 4.79 Å². The minimum Gasteiger partial charge on any atom is -0.274 e. The fourth-order valence-electron chi connectivity index (χ4n) is 0.768. The smallest absolute Gasteiger partial charge is 0.236 e. The summed E-state index contributed by atoms with van der Waals surface area (Å²) in [6.07, 6.45) is 3.36. The van der Waals surface area contributed by atoms with Crippen LogP contribution in [0.2, 0.25) is 0 Å². The fourth-order valence-corrected chi connectivity index (χ4v) is 1.09.